The Labute approximate surface area is 178 Å². The van der Waals surface area contributed by atoms with Gasteiger partial charge in [0.05, 0.1) is 24.3 Å². The maximum absolute atomic E-state index is 13.9. The lowest BCUT2D eigenvalue weighted by Crippen LogP contribution is -2.68. The highest BCUT2D eigenvalue weighted by atomic mass is 19.1. The number of piperidine rings is 1. The van der Waals surface area contributed by atoms with Crippen LogP contribution < -0.4 is 10.6 Å². The van der Waals surface area contributed by atoms with Crippen LogP contribution in [0, 0.1) is 17.6 Å². The van der Waals surface area contributed by atoms with E-state index >= 15 is 0 Å². The van der Waals surface area contributed by atoms with Crippen LogP contribution >= 0.6 is 0 Å². The number of amides is 4. The Kier molecular flexibility index (Phi) is 5.94. The van der Waals surface area contributed by atoms with Crippen LogP contribution in [-0.2, 0) is 16.1 Å². The van der Waals surface area contributed by atoms with Gasteiger partial charge in [0, 0.05) is 0 Å². The van der Waals surface area contributed by atoms with Gasteiger partial charge in [-0.2, -0.15) is 0 Å². The van der Waals surface area contributed by atoms with Crippen molar-refractivity contribution in [2.24, 2.45) is 5.92 Å². The molecule has 0 saturated carbocycles. The molecule has 4 rings (SSSR count). The van der Waals surface area contributed by atoms with E-state index in [1.807, 2.05) is 0 Å². The van der Waals surface area contributed by atoms with Crippen molar-refractivity contribution >= 4 is 23.5 Å². The van der Waals surface area contributed by atoms with Crippen LogP contribution in [0.4, 0.5) is 19.3 Å². The number of rotatable bonds is 5. The number of imide groups is 1. The molecule has 2 heterocycles. The highest BCUT2D eigenvalue weighted by Gasteiger charge is 2.47. The van der Waals surface area contributed by atoms with Gasteiger partial charge in [-0.1, -0.05) is 24.3 Å². The number of benzene rings is 2. The van der Waals surface area contributed by atoms with Crippen molar-refractivity contribution in [3.8, 4) is 0 Å². The zero-order valence-electron chi connectivity index (χ0n) is 16.7. The summed E-state index contributed by atoms with van der Waals surface area (Å²) in [6, 6.07) is 10.7. The topological polar surface area (TPSA) is 81.8 Å². The lowest BCUT2D eigenvalue weighted by atomic mass is 9.91. The molecule has 9 heteroatoms. The van der Waals surface area contributed by atoms with Gasteiger partial charge in [0.25, 0.3) is 0 Å². The standard InChI is InChI=1S/C22H22F2N4O3/c23-15-9-7-14(8-10-15)12-28-21(30)16-4-3-11-25-20(16)27(22(28)31)13-19(29)26-18-6-2-1-5-17(18)24/h1-2,5-10,16,20,25H,3-4,11-13H2,(H,26,29). The molecule has 2 aliphatic rings. The molecule has 31 heavy (non-hydrogen) atoms. The highest BCUT2D eigenvalue weighted by molar-refractivity contribution is 6.01. The Morgan fingerprint density at radius 1 is 1.10 bits per heavy atom. The first kappa shape index (κ1) is 20.9. The summed E-state index contributed by atoms with van der Waals surface area (Å²) >= 11 is 0. The molecule has 2 aromatic carbocycles. The molecule has 2 unspecified atom stereocenters. The van der Waals surface area contributed by atoms with E-state index in [1.54, 1.807) is 6.07 Å². The van der Waals surface area contributed by atoms with Gasteiger partial charge in [-0.05, 0) is 49.2 Å². The fourth-order valence-corrected chi connectivity index (χ4v) is 4.02. The lowest BCUT2D eigenvalue weighted by Gasteiger charge is -2.46. The summed E-state index contributed by atoms with van der Waals surface area (Å²) in [5.41, 5.74) is 0.616. The number of urea groups is 1. The van der Waals surface area contributed by atoms with E-state index in [9.17, 15) is 23.2 Å². The molecule has 2 aliphatic heterocycles. The van der Waals surface area contributed by atoms with E-state index < -0.39 is 35.7 Å². The van der Waals surface area contributed by atoms with E-state index in [4.69, 9.17) is 0 Å². The minimum atomic E-state index is -0.617. The van der Waals surface area contributed by atoms with Crippen molar-refractivity contribution in [2.75, 3.05) is 18.4 Å². The van der Waals surface area contributed by atoms with E-state index in [-0.39, 0.29) is 24.7 Å². The van der Waals surface area contributed by atoms with Crippen LogP contribution in [0.15, 0.2) is 48.5 Å². The van der Waals surface area contributed by atoms with Crippen LogP contribution in [0.3, 0.4) is 0 Å². The normalized spacial score (nSPS) is 21.1. The first-order valence-corrected chi connectivity index (χ1v) is 10.1. The second-order valence-electron chi connectivity index (χ2n) is 7.64. The highest BCUT2D eigenvalue weighted by Crippen LogP contribution is 2.29. The Hall–Kier alpha value is -3.33. The molecule has 4 amide bonds. The molecule has 7 nitrogen and oxygen atoms in total. The quantitative estimate of drug-likeness (QED) is 0.767. The molecule has 2 saturated heterocycles. The van der Waals surface area contributed by atoms with Gasteiger partial charge in [-0.15, -0.1) is 0 Å². The van der Waals surface area contributed by atoms with Crippen LogP contribution in [-0.4, -0.2) is 46.9 Å². The zero-order chi connectivity index (χ0) is 22.0. The third kappa shape index (κ3) is 4.41. The average molecular weight is 428 g/mol. The molecule has 2 N–H and O–H groups in total. The Morgan fingerprint density at radius 3 is 2.58 bits per heavy atom. The molecule has 0 aromatic heterocycles. The zero-order valence-corrected chi connectivity index (χ0v) is 16.7. The molecular weight excluding hydrogens is 406 g/mol. The molecular formula is C22H22F2N4O3. The van der Waals surface area contributed by atoms with Gasteiger partial charge < -0.3 is 5.32 Å². The van der Waals surface area contributed by atoms with Gasteiger partial charge in [0.15, 0.2) is 0 Å². The minimum absolute atomic E-state index is 0.0179. The first-order valence-electron chi connectivity index (χ1n) is 10.1. The SMILES string of the molecule is O=C(CN1C(=O)N(Cc2ccc(F)cc2)C(=O)C2CCCNC21)Nc1ccccc1F. The van der Waals surface area contributed by atoms with Crippen molar-refractivity contribution in [2.45, 2.75) is 25.6 Å². The first-order chi connectivity index (χ1) is 14.9. The minimum Gasteiger partial charge on any atom is -0.322 e. The molecule has 0 radical (unpaired) electrons. The number of hydrogen-bond donors (Lipinski definition) is 2. The van der Waals surface area contributed by atoms with Crippen molar-refractivity contribution in [1.82, 2.24) is 15.1 Å². The number of carbonyl (C=O) groups excluding carboxylic acids is 3. The van der Waals surface area contributed by atoms with Crippen LogP contribution in [0.25, 0.3) is 0 Å². The Bertz CT molecular complexity index is 999. The number of carbonyl (C=O) groups is 3. The predicted octanol–water partition coefficient (Wildman–Crippen LogP) is 2.69. The fourth-order valence-electron chi connectivity index (χ4n) is 4.02. The Balaban J connectivity index is 1.55. The summed E-state index contributed by atoms with van der Waals surface area (Å²) in [5.74, 6) is -2.38. The number of anilines is 1. The summed E-state index contributed by atoms with van der Waals surface area (Å²) in [6.07, 6.45) is 0.736. The lowest BCUT2D eigenvalue weighted by molar-refractivity contribution is -0.143. The average Bonchev–Trinajstić information content (AvgIpc) is 2.77. The summed E-state index contributed by atoms with van der Waals surface area (Å²) in [7, 11) is 0. The molecule has 2 fully saturated rings. The number of fused-ring (bicyclic) bond motifs is 1. The van der Waals surface area contributed by atoms with Gasteiger partial charge in [0.2, 0.25) is 11.8 Å². The summed E-state index contributed by atoms with van der Waals surface area (Å²) < 4.78 is 27.1. The maximum atomic E-state index is 13.9. The van der Waals surface area contributed by atoms with E-state index in [0.29, 0.717) is 18.5 Å². The monoisotopic (exact) mass is 428 g/mol. The second kappa shape index (κ2) is 8.81. The third-order valence-electron chi connectivity index (χ3n) is 5.54. The maximum Gasteiger partial charge on any atom is 0.328 e. The molecule has 2 atom stereocenters. The smallest absolute Gasteiger partial charge is 0.322 e. The van der Waals surface area contributed by atoms with Crippen molar-refractivity contribution in [3.63, 3.8) is 0 Å². The van der Waals surface area contributed by atoms with Gasteiger partial charge in [-0.3, -0.25) is 24.7 Å². The predicted molar refractivity (Wildman–Crippen MR) is 109 cm³/mol. The molecule has 0 aliphatic carbocycles. The van der Waals surface area contributed by atoms with Gasteiger partial charge in [-0.25, -0.2) is 13.6 Å². The van der Waals surface area contributed by atoms with E-state index in [0.717, 1.165) is 11.3 Å². The second-order valence-corrected chi connectivity index (χ2v) is 7.64. The molecule has 2 aromatic rings. The van der Waals surface area contributed by atoms with Crippen LogP contribution in [0.1, 0.15) is 18.4 Å². The third-order valence-corrected chi connectivity index (χ3v) is 5.54. The number of halogens is 2. The van der Waals surface area contributed by atoms with Crippen molar-refractivity contribution in [1.29, 1.82) is 0 Å². The number of para-hydroxylation sites is 1. The van der Waals surface area contributed by atoms with E-state index in [1.165, 1.54) is 47.4 Å². The summed E-state index contributed by atoms with van der Waals surface area (Å²) in [5, 5.41) is 5.63. The van der Waals surface area contributed by atoms with Gasteiger partial charge >= 0.3 is 6.03 Å². The van der Waals surface area contributed by atoms with Crippen LogP contribution in [0.2, 0.25) is 0 Å². The number of nitrogens with zero attached hydrogens (tertiary/aromatic N) is 2. The van der Waals surface area contributed by atoms with Crippen LogP contribution in [0.5, 0.6) is 0 Å². The van der Waals surface area contributed by atoms with E-state index in [2.05, 4.69) is 10.6 Å². The van der Waals surface area contributed by atoms with Crippen molar-refractivity contribution < 1.29 is 23.2 Å². The summed E-state index contributed by atoms with van der Waals surface area (Å²) in [6.45, 7) is 0.256. The summed E-state index contributed by atoms with van der Waals surface area (Å²) in [4.78, 5) is 41.2. The van der Waals surface area contributed by atoms with Gasteiger partial charge in [0.1, 0.15) is 18.2 Å². The Morgan fingerprint density at radius 2 is 1.84 bits per heavy atom. The number of hydrogen-bond acceptors (Lipinski definition) is 4. The fraction of sp³-hybridized carbons (Fsp3) is 0.318. The van der Waals surface area contributed by atoms with Crippen molar-refractivity contribution in [3.05, 3.63) is 65.7 Å². The number of nitrogens with one attached hydrogen (secondary N) is 2. The molecule has 162 valence electrons. The molecule has 0 bridgehead atoms. The molecule has 0 spiro atoms. The largest absolute Gasteiger partial charge is 0.328 e.